The number of pyridine rings is 1. The Labute approximate surface area is 157 Å². The number of aromatic amines is 1. The molecule has 1 atom stereocenters. The second-order valence-electron chi connectivity index (χ2n) is 7.42. The first-order chi connectivity index (χ1) is 13.1. The molecule has 1 spiro atoms. The predicted molar refractivity (Wildman–Crippen MR) is 102 cm³/mol. The molecule has 1 amide bonds. The van der Waals surface area contributed by atoms with Crippen molar-refractivity contribution in [3.05, 3.63) is 60.7 Å². The van der Waals surface area contributed by atoms with Gasteiger partial charge in [-0.25, -0.2) is 9.98 Å². The maximum atomic E-state index is 12.3. The van der Waals surface area contributed by atoms with Gasteiger partial charge >= 0.3 is 0 Å². The molecule has 5 heteroatoms. The van der Waals surface area contributed by atoms with Crippen LogP contribution in [0.3, 0.4) is 0 Å². The van der Waals surface area contributed by atoms with Crippen LogP contribution in [0, 0.1) is 5.41 Å². The SMILES string of the molecule is O=C1C[C@]2(CCN(c3cc(-c4ccccc4)[nH+]c4ccccc34)C2)C([O-])=N1. The van der Waals surface area contributed by atoms with Crippen LogP contribution in [-0.4, -0.2) is 24.9 Å². The van der Waals surface area contributed by atoms with Crippen LogP contribution in [0.1, 0.15) is 12.8 Å². The number of H-pyrrole nitrogens is 1. The van der Waals surface area contributed by atoms with Crippen molar-refractivity contribution < 1.29 is 14.9 Å². The van der Waals surface area contributed by atoms with E-state index in [9.17, 15) is 9.90 Å². The van der Waals surface area contributed by atoms with Gasteiger partial charge in [-0.05, 0) is 30.5 Å². The highest BCUT2D eigenvalue weighted by Crippen LogP contribution is 2.41. The van der Waals surface area contributed by atoms with Crippen molar-refractivity contribution in [1.29, 1.82) is 0 Å². The molecule has 0 unspecified atom stereocenters. The van der Waals surface area contributed by atoms with Gasteiger partial charge in [-0.3, -0.25) is 4.79 Å². The molecule has 2 aliphatic heterocycles. The van der Waals surface area contributed by atoms with Crippen LogP contribution in [-0.2, 0) is 4.79 Å². The lowest BCUT2D eigenvalue weighted by atomic mass is 9.85. The summed E-state index contributed by atoms with van der Waals surface area (Å²) in [5, 5.41) is 13.4. The van der Waals surface area contributed by atoms with E-state index in [1.807, 2.05) is 30.3 Å². The molecule has 1 aromatic heterocycles. The summed E-state index contributed by atoms with van der Waals surface area (Å²) < 4.78 is 0. The summed E-state index contributed by atoms with van der Waals surface area (Å²) in [6, 6.07) is 20.5. The van der Waals surface area contributed by atoms with Crippen molar-refractivity contribution in [2.45, 2.75) is 12.8 Å². The molecule has 0 radical (unpaired) electrons. The van der Waals surface area contributed by atoms with E-state index in [0.717, 1.165) is 34.4 Å². The Kier molecular flexibility index (Phi) is 3.50. The average Bonchev–Trinajstić information content (AvgIpc) is 3.24. The zero-order chi connectivity index (χ0) is 18.4. The molecule has 2 aromatic carbocycles. The number of fused-ring (bicyclic) bond motifs is 1. The fraction of sp³-hybridized carbons (Fsp3) is 0.227. The van der Waals surface area contributed by atoms with Crippen LogP contribution in [0.15, 0.2) is 65.7 Å². The van der Waals surface area contributed by atoms with Gasteiger partial charge < -0.3 is 10.0 Å². The molecule has 2 aliphatic rings. The third kappa shape index (κ3) is 2.58. The lowest BCUT2D eigenvalue weighted by molar-refractivity contribution is -0.330. The van der Waals surface area contributed by atoms with Crippen LogP contribution < -0.4 is 15.0 Å². The molecule has 1 N–H and O–H groups in total. The maximum absolute atomic E-state index is 12.3. The van der Waals surface area contributed by atoms with Gasteiger partial charge in [0.1, 0.15) is 0 Å². The molecule has 1 saturated heterocycles. The summed E-state index contributed by atoms with van der Waals surface area (Å²) >= 11 is 0. The van der Waals surface area contributed by atoms with Gasteiger partial charge in [0.15, 0.2) is 0 Å². The standard InChI is InChI=1S/C22H19N3O2/c26-20-13-22(21(27)24-20)10-11-25(14-22)19-12-18(15-6-2-1-3-7-15)23-17-9-5-4-8-16(17)19/h1-9,12H,10-11,13-14H2,(H,24,26,27)/t22-/m0/s1. The predicted octanol–water partition coefficient (Wildman–Crippen LogP) is 2.21. The number of nitrogens with zero attached hydrogens (tertiary/aromatic N) is 2. The molecule has 0 bridgehead atoms. The summed E-state index contributed by atoms with van der Waals surface area (Å²) in [7, 11) is 0. The first-order valence-corrected chi connectivity index (χ1v) is 9.19. The zero-order valence-corrected chi connectivity index (χ0v) is 14.8. The van der Waals surface area contributed by atoms with E-state index < -0.39 is 5.41 Å². The van der Waals surface area contributed by atoms with Crippen molar-refractivity contribution >= 4 is 28.4 Å². The maximum Gasteiger partial charge on any atom is 0.245 e. The topological polar surface area (TPSA) is 69.9 Å². The van der Waals surface area contributed by atoms with E-state index in [0.29, 0.717) is 13.0 Å². The number of aromatic nitrogens is 1. The summed E-state index contributed by atoms with van der Waals surface area (Å²) in [6.45, 7) is 1.29. The molecule has 134 valence electrons. The minimum Gasteiger partial charge on any atom is -0.861 e. The summed E-state index contributed by atoms with van der Waals surface area (Å²) in [5.41, 5.74) is 3.65. The number of hydrogen-bond donors (Lipinski definition) is 0. The first-order valence-electron chi connectivity index (χ1n) is 9.19. The smallest absolute Gasteiger partial charge is 0.245 e. The van der Waals surface area contributed by atoms with E-state index in [2.05, 4.69) is 45.2 Å². The number of carbonyl (C=O) groups excluding carboxylic acids is 1. The van der Waals surface area contributed by atoms with Crippen molar-refractivity contribution in [3.63, 3.8) is 0 Å². The minimum absolute atomic E-state index is 0.241. The normalized spacial score (nSPS) is 22.0. The molecular formula is C22H19N3O2. The second kappa shape index (κ2) is 5.91. The average molecular weight is 357 g/mol. The van der Waals surface area contributed by atoms with Gasteiger partial charge in [0.2, 0.25) is 17.1 Å². The molecule has 5 nitrogen and oxygen atoms in total. The molecule has 1 fully saturated rings. The Morgan fingerprint density at radius 1 is 1.07 bits per heavy atom. The number of amides is 1. The van der Waals surface area contributed by atoms with Crippen LogP contribution >= 0.6 is 0 Å². The summed E-state index contributed by atoms with van der Waals surface area (Å²) in [6.07, 6.45) is 0.916. The van der Waals surface area contributed by atoms with Crippen molar-refractivity contribution in [3.8, 4) is 11.3 Å². The van der Waals surface area contributed by atoms with Crippen LogP contribution in [0.4, 0.5) is 5.69 Å². The van der Waals surface area contributed by atoms with Gasteiger partial charge in [-0.1, -0.05) is 30.3 Å². The highest BCUT2D eigenvalue weighted by Gasteiger charge is 2.44. The van der Waals surface area contributed by atoms with Crippen LogP contribution in [0.2, 0.25) is 0 Å². The van der Waals surface area contributed by atoms with Crippen molar-refractivity contribution in [2.75, 3.05) is 18.0 Å². The number of carbonyl (C=O) groups is 1. The van der Waals surface area contributed by atoms with E-state index in [1.165, 1.54) is 0 Å². The Hall–Kier alpha value is -3.21. The molecule has 3 aromatic rings. The number of hydrogen-bond acceptors (Lipinski definition) is 3. The Morgan fingerprint density at radius 2 is 1.85 bits per heavy atom. The fourth-order valence-corrected chi connectivity index (χ4v) is 4.28. The quantitative estimate of drug-likeness (QED) is 0.706. The molecule has 0 aliphatic carbocycles. The van der Waals surface area contributed by atoms with E-state index in [1.54, 1.807) is 0 Å². The minimum atomic E-state index is -0.634. The third-order valence-electron chi connectivity index (χ3n) is 5.70. The molecule has 5 rings (SSSR count). The molecular weight excluding hydrogens is 338 g/mol. The van der Waals surface area contributed by atoms with Crippen molar-refractivity contribution in [2.24, 2.45) is 10.4 Å². The Balaban J connectivity index is 1.61. The number of aliphatic imine (C=N–C) groups is 1. The summed E-state index contributed by atoms with van der Waals surface area (Å²) in [4.78, 5) is 21.1. The second-order valence-corrected chi connectivity index (χ2v) is 7.42. The molecule has 27 heavy (non-hydrogen) atoms. The van der Waals surface area contributed by atoms with Gasteiger partial charge in [-0.15, -0.1) is 0 Å². The Bertz CT molecular complexity index is 1080. The number of benzene rings is 2. The van der Waals surface area contributed by atoms with Crippen LogP contribution in [0.25, 0.3) is 22.2 Å². The van der Waals surface area contributed by atoms with E-state index >= 15 is 0 Å². The largest absolute Gasteiger partial charge is 0.861 e. The number of para-hydroxylation sites is 1. The number of anilines is 1. The molecule has 0 saturated carbocycles. The Morgan fingerprint density at radius 3 is 2.63 bits per heavy atom. The zero-order valence-electron chi connectivity index (χ0n) is 14.8. The lowest BCUT2D eigenvalue weighted by Crippen LogP contribution is -2.39. The van der Waals surface area contributed by atoms with Crippen molar-refractivity contribution in [1.82, 2.24) is 0 Å². The fourth-order valence-electron chi connectivity index (χ4n) is 4.28. The highest BCUT2D eigenvalue weighted by atomic mass is 16.3. The number of rotatable bonds is 2. The van der Waals surface area contributed by atoms with Crippen LogP contribution in [0.5, 0.6) is 0 Å². The van der Waals surface area contributed by atoms with Gasteiger partial charge in [0.25, 0.3) is 0 Å². The monoisotopic (exact) mass is 357 g/mol. The van der Waals surface area contributed by atoms with Gasteiger partial charge in [0.05, 0.1) is 11.1 Å². The molecule has 3 heterocycles. The van der Waals surface area contributed by atoms with E-state index in [4.69, 9.17) is 0 Å². The highest BCUT2D eigenvalue weighted by molar-refractivity contribution is 6.01. The first kappa shape index (κ1) is 16.0. The van der Waals surface area contributed by atoms with E-state index in [-0.39, 0.29) is 18.2 Å². The number of nitrogens with one attached hydrogen (secondary N) is 1. The lowest BCUT2D eigenvalue weighted by Gasteiger charge is -2.29. The van der Waals surface area contributed by atoms with Gasteiger partial charge in [-0.2, -0.15) is 0 Å². The summed E-state index contributed by atoms with van der Waals surface area (Å²) in [5.74, 6) is -0.525. The third-order valence-corrected chi connectivity index (χ3v) is 5.70. The van der Waals surface area contributed by atoms with Gasteiger partial charge in [0, 0.05) is 42.6 Å².